The van der Waals surface area contributed by atoms with Crippen molar-refractivity contribution in [1.82, 2.24) is 10.6 Å². The van der Waals surface area contributed by atoms with Crippen molar-refractivity contribution in [3.8, 4) is 0 Å². The second-order valence-corrected chi connectivity index (χ2v) is 4.10. The number of rotatable bonds is 7. The lowest BCUT2D eigenvalue weighted by atomic mass is 10.2. The Bertz CT molecular complexity index is 405. The first-order valence-corrected chi connectivity index (χ1v) is 5.91. The molecule has 0 heterocycles. The van der Waals surface area contributed by atoms with E-state index < -0.39 is 5.82 Å². The van der Waals surface area contributed by atoms with Gasteiger partial charge in [0, 0.05) is 20.2 Å². The Kier molecular flexibility index (Phi) is 9.51. The molecule has 1 amide bonds. The van der Waals surface area contributed by atoms with E-state index in [4.69, 9.17) is 16.3 Å². The predicted molar refractivity (Wildman–Crippen MR) is 75.3 cm³/mol. The largest absolute Gasteiger partial charge is 0.383 e. The van der Waals surface area contributed by atoms with Crippen molar-refractivity contribution in [2.24, 2.45) is 0 Å². The number of hydrogen-bond donors (Lipinski definition) is 2. The predicted octanol–water partition coefficient (Wildman–Crippen LogP) is 1.75. The monoisotopic (exact) mass is 310 g/mol. The molecule has 19 heavy (non-hydrogen) atoms. The first-order chi connectivity index (χ1) is 8.63. The number of hydrogen-bond acceptors (Lipinski definition) is 3. The van der Waals surface area contributed by atoms with Crippen molar-refractivity contribution in [3.63, 3.8) is 0 Å². The lowest BCUT2D eigenvalue weighted by Gasteiger charge is -2.07. The van der Waals surface area contributed by atoms with Crippen molar-refractivity contribution in [3.05, 3.63) is 34.6 Å². The van der Waals surface area contributed by atoms with E-state index in [0.29, 0.717) is 19.7 Å². The van der Waals surface area contributed by atoms with Crippen LogP contribution in [0.25, 0.3) is 0 Å². The average Bonchev–Trinajstić information content (AvgIpc) is 2.36. The third kappa shape index (κ3) is 7.32. The van der Waals surface area contributed by atoms with E-state index >= 15 is 0 Å². The fraction of sp³-hybridized carbons (Fsp3) is 0.417. The summed E-state index contributed by atoms with van der Waals surface area (Å²) in [5, 5.41) is 5.67. The lowest BCUT2D eigenvalue weighted by molar-refractivity contribution is -0.120. The van der Waals surface area contributed by atoms with Gasteiger partial charge in [-0.25, -0.2) is 4.39 Å². The summed E-state index contributed by atoms with van der Waals surface area (Å²) in [4.78, 5) is 11.4. The fourth-order valence-electron chi connectivity index (χ4n) is 1.29. The van der Waals surface area contributed by atoms with Gasteiger partial charge in [-0.1, -0.05) is 17.7 Å². The summed E-state index contributed by atoms with van der Waals surface area (Å²) in [5.41, 5.74) is 0.756. The van der Waals surface area contributed by atoms with E-state index in [0.717, 1.165) is 5.56 Å². The highest BCUT2D eigenvalue weighted by atomic mass is 35.5. The molecule has 0 atom stereocenters. The molecule has 0 bridgehead atoms. The molecule has 0 saturated heterocycles. The molecule has 1 aromatic rings. The molecule has 1 rings (SSSR count). The highest BCUT2D eigenvalue weighted by Crippen LogP contribution is 2.15. The molecule has 0 spiro atoms. The quantitative estimate of drug-likeness (QED) is 0.754. The van der Waals surface area contributed by atoms with E-state index in [1.165, 1.54) is 12.1 Å². The molecule has 108 valence electrons. The van der Waals surface area contributed by atoms with Gasteiger partial charge >= 0.3 is 0 Å². The SMILES string of the molecule is COCCNCC(=O)NCc1ccc(F)c(Cl)c1.Cl. The Labute approximate surface area is 123 Å². The number of carbonyl (C=O) groups excluding carboxylic acids is 1. The summed E-state index contributed by atoms with van der Waals surface area (Å²) in [6.45, 7) is 1.72. The summed E-state index contributed by atoms with van der Waals surface area (Å²) < 4.78 is 17.7. The zero-order valence-electron chi connectivity index (χ0n) is 10.5. The van der Waals surface area contributed by atoms with Gasteiger partial charge in [-0.2, -0.15) is 0 Å². The van der Waals surface area contributed by atoms with Crippen molar-refractivity contribution < 1.29 is 13.9 Å². The van der Waals surface area contributed by atoms with E-state index in [9.17, 15) is 9.18 Å². The molecular formula is C12H17Cl2FN2O2. The van der Waals surface area contributed by atoms with Gasteiger partial charge in [0.15, 0.2) is 0 Å². The van der Waals surface area contributed by atoms with Gasteiger partial charge in [-0.05, 0) is 17.7 Å². The molecule has 0 aliphatic heterocycles. The van der Waals surface area contributed by atoms with Gasteiger partial charge in [0.2, 0.25) is 5.91 Å². The van der Waals surface area contributed by atoms with Gasteiger partial charge in [-0.15, -0.1) is 12.4 Å². The first kappa shape index (κ1) is 18.1. The molecule has 0 radical (unpaired) electrons. The molecule has 1 aromatic carbocycles. The van der Waals surface area contributed by atoms with Crippen molar-refractivity contribution >= 4 is 29.9 Å². The maximum absolute atomic E-state index is 12.9. The highest BCUT2D eigenvalue weighted by Gasteiger charge is 2.03. The van der Waals surface area contributed by atoms with E-state index in [1.54, 1.807) is 13.2 Å². The number of amides is 1. The minimum absolute atomic E-state index is 0. The number of benzene rings is 1. The molecule has 4 nitrogen and oxygen atoms in total. The summed E-state index contributed by atoms with van der Waals surface area (Å²) in [7, 11) is 1.60. The maximum atomic E-state index is 12.9. The van der Waals surface area contributed by atoms with Gasteiger partial charge < -0.3 is 15.4 Å². The topological polar surface area (TPSA) is 50.4 Å². The number of methoxy groups -OCH3 is 1. The zero-order chi connectivity index (χ0) is 13.4. The van der Waals surface area contributed by atoms with E-state index in [-0.39, 0.29) is 29.9 Å². The molecule has 0 aliphatic rings. The summed E-state index contributed by atoms with van der Waals surface area (Å²) >= 11 is 5.63. The Morgan fingerprint density at radius 2 is 2.21 bits per heavy atom. The minimum atomic E-state index is -0.465. The van der Waals surface area contributed by atoms with Gasteiger partial charge in [0.25, 0.3) is 0 Å². The van der Waals surface area contributed by atoms with Crippen molar-refractivity contribution in [2.45, 2.75) is 6.54 Å². The normalized spacial score (nSPS) is 9.84. The molecule has 2 N–H and O–H groups in total. The Hall–Kier alpha value is -0.880. The number of carbonyl (C=O) groups is 1. The van der Waals surface area contributed by atoms with Crippen LogP contribution in [0.2, 0.25) is 5.02 Å². The molecule has 7 heteroatoms. The molecule has 0 fully saturated rings. The molecule has 0 aromatic heterocycles. The summed E-state index contributed by atoms with van der Waals surface area (Å²) in [5.74, 6) is -0.598. The number of halogens is 3. The Morgan fingerprint density at radius 3 is 2.84 bits per heavy atom. The molecule has 0 saturated carbocycles. The third-order valence-corrected chi connectivity index (χ3v) is 2.53. The van der Waals surface area contributed by atoms with E-state index in [2.05, 4.69) is 10.6 Å². The van der Waals surface area contributed by atoms with E-state index in [1.807, 2.05) is 0 Å². The standard InChI is InChI=1S/C12H16ClFN2O2.ClH/c1-18-5-4-15-8-12(17)16-7-9-2-3-11(14)10(13)6-9;/h2-3,6,15H,4-5,7-8H2,1H3,(H,16,17);1H. The maximum Gasteiger partial charge on any atom is 0.234 e. The van der Waals surface area contributed by atoms with Crippen LogP contribution in [0.1, 0.15) is 5.56 Å². The van der Waals surface area contributed by atoms with Crippen LogP contribution in [0.3, 0.4) is 0 Å². The van der Waals surface area contributed by atoms with Gasteiger partial charge in [0.1, 0.15) is 5.82 Å². The Balaban J connectivity index is 0.00000324. The fourth-order valence-corrected chi connectivity index (χ4v) is 1.49. The van der Waals surface area contributed by atoms with Crippen LogP contribution >= 0.6 is 24.0 Å². The van der Waals surface area contributed by atoms with Crippen molar-refractivity contribution in [2.75, 3.05) is 26.8 Å². The lowest BCUT2D eigenvalue weighted by Crippen LogP contribution is -2.34. The molecule has 0 aliphatic carbocycles. The number of nitrogens with one attached hydrogen (secondary N) is 2. The van der Waals surface area contributed by atoms with Gasteiger partial charge in [-0.3, -0.25) is 4.79 Å². The second kappa shape index (κ2) is 9.97. The van der Waals surface area contributed by atoms with Crippen LogP contribution in [0.5, 0.6) is 0 Å². The average molecular weight is 311 g/mol. The van der Waals surface area contributed by atoms with Gasteiger partial charge in [0.05, 0.1) is 18.2 Å². The smallest absolute Gasteiger partial charge is 0.234 e. The third-order valence-electron chi connectivity index (χ3n) is 2.24. The second-order valence-electron chi connectivity index (χ2n) is 3.69. The van der Waals surface area contributed by atoms with Crippen LogP contribution < -0.4 is 10.6 Å². The minimum Gasteiger partial charge on any atom is -0.383 e. The van der Waals surface area contributed by atoms with Crippen molar-refractivity contribution in [1.29, 1.82) is 0 Å². The summed E-state index contributed by atoms with van der Waals surface area (Å²) in [6, 6.07) is 4.36. The zero-order valence-corrected chi connectivity index (χ0v) is 12.1. The van der Waals surface area contributed by atoms with Crippen LogP contribution in [-0.2, 0) is 16.1 Å². The highest BCUT2D eigenvalue weighted by molar-refractivity contribution is 6.30. The number of ether oxygens (including phenoxy) is 1. The molecular weight excluding hydrogens is 294 g/mol. The van der Waals surface area contributed by atoms with Crippen LogP contribution in [0.4, 0.5) is 4.39 Å². The van der Waals surface area contributed by atoms with Crippen LogP contribution in [0.15, 0.2) is 18.2 Å². The van der Waals surface area contributed by atoms with Crippen LogP contribution in [0, 0.1) is 5.82 Å². The molecule has 0 unspecified atom stereocenters. The first-order valence-electron chi connectivity index (χ1n) is 5.53. The summed E-state index contributed by atoms with van der Waals surface area (Å²) in [6.07, 6.45) is 0. The van der Waals surface area contributed by atoms with Crippen LogP contribution in [-0.4, -0.2) is 32.7 Å². The Morgan fingerprint density at radius 1 is 1.47 bits per heavy atom.